The predicted molar refractivity (Wildman–Crippen MR) is 76.4 cm³/mol. The molecule has 0 aliphatic carbocycles. The van der Waals surface area contributed by atoms with Crippen molar-refractivity contribution in [2.75, 3.05) is 5.73 Å². The van der Waals surface area contributed by atoms with Crippen molar-refractivity contribution < 1.29 is 13.9 Å². The standard InChI is InChI=1S/C12H8BrClFN3O2/c13-5-3-6(14)7(15)4-10(5)20-12-8(16)1-2-9(18-12)11(17)19/h1-4H,16H2,(H2,17,19). The van der Waals surface area contributed by atoms with Crippen molar-refractivity contribution in [3.63, 3.8) is 0 Å². The molecule has 1 amide bonds. The van der Waals surface area contributed by atoms with E-state index in [1.807, 2.05) is 0 Å². The van der Waals surface area contributed by atoms with Crippen molar-refractivity contribution >= 4 is 39.1 Å². The summed E-state index contributed by atoms with van der Waals surface area (Å²) < 4.78 is 19.2. The van der Waals surface area contributed by atoms with Gasteiger partial charge >= 0.3 is 0 Å². The van der Waals surface area contributed by atoms with Gasteiger partial charge in [-0.25, -0.2) is 9.37 Å². The van der Waals surface area contributed by atoms with Crippen LogP contribution in [0.5, 0.6) is 11.6 Å². The Labute approximate surface area is 126 Å². The number of halogens is 3. The van der Waals surface area contributed by atoms with Crippen LogP contribution in [0.2, 0.25) is 5.02 Å². The van der Waals surface area contributed by atoms with Crippen LogP contribution < -0.4 is 16.2 Å². The fraction of sp³-hybridized carbons (Fsp3) is 0. The number of nitrogens with two attached hydrogens (primary N) is 2. The molecule has 2 aromatic rings. The number of benzene rings is 1. The van der Waals surface area contributed by atoms with Gasteiger partial charge in [0.25, 0.3) is 5.91 Å². The van der Waals surface area contributed by atoms with E-state index < -0.39 is 11.7 Å². The second-order valence-electron chi connectivity index (χ2n) is 3.75. The van der Waals surface area contributed by atoms with Gasteiger partial charge in [-0.1, -0.05) is 11.6 Å². The van der Waals surface area contributed by atoms with Gasteiger partial charge in [-0.3, -0.25) is 4.79 Å². The molecule has 2 rings (SSSR count). The average Bonchev–Trinajstić information content (AvgIpc) is 2.38. The van der Waals surface area contributed by atoms with Crippen molar-refractivity contribution in [2.45, 2.75) is 0 Å². The molecule has 0 aliphatic rings. The van der Waals surface area contributed by atoms with E-state index in [9.17, 15) is 9.18 Å². The first-order valence-corrected chi connectivity index (χ1v) is 6.44. The average molecular weight is 361 g/mol. The van der Waals surface area contributed by atoms with Crippen LogP contribution in [0.25, 0.3) is 0 Å². The summed E-state index contributed by atoms with van der Waals surface area (Å²) in [5.74, 6) is -1.32. The number of anilines is 1. The number of nitrogens with zero attached hydrogens (tertiary/aromatic N) is 1. The van der Waals surface area contributed by atoms with Crippen LogP contribution in [0.15, 0.2) is 28.7 Å². The number of amides is 1. The second kappa shape index (κ2) is 5.64. The molecule has 5 nitrogen and oxygen atoms in total. The summed E-state index contributed by atoms with van der Waals surface area (Å²) in [5.41, 5.74) is 11.0. The summed E-state index contributed by atoms with van der Waals surface area (Å²) in [7, 11) is 0. The molecule has 1 aromatic carbocycles. The number of aromatic nitrogens is 1. The monoisotopic (exact) mass is 359 g/mol. The third-order valence-electron chi connectivity index (χ3n) is 2.32. The number of hydrogen-bond donors (Lipinski definition) is 2. The molecule has 8 heteroatoms. The minimum absolute atomic E-state index is 0.0141. The van der Waals surface area contributed by atoms with Crippen LogP contribution in [-0.2, 0) is 0 Å². The van der Waals surface area contributed by atoms with Crippen molar-refractivity contribution in [1.82, 2.24) is 4.98 Å². The second-order valence-corrected chi connectivity index (χ2v) is 5.02. The van der Waals surface area contributed by atoms with Gasteiger partial charge in [0.2, 0.25) is 5.88 Å². The highest BCUT2D eigenvalue weighted by Crippen LogP contribution is 2.34. The molecule has 0 bridgehead atoms. The number of ether oxygens (including phenoxy) is 1. The SMILES string of the molecule is NC(=O)c1ccc(N)c(Oc2cc(F)c(Cl)cc2Br)n1. The molecule has 4 N–H and O–H groups in total. The van der Waals surface area contributed by atoms with Crippen LogP contribution in [0.1, 0.15) is 10.5 Å². The Morgan fingerprint density at radius 3 is 2.75 bits per heavy atom. The van der Waals surface area contributed by atoms with Gasteiger partial charge in [-0.15, -0.1) is 0 Å². The van der Waals surface area contributed by atoms with Crippen molar-refractivity contribution in [3.05, 3.63) is 45.3 Å². The molecule has 0 saturated heterocycles. The summed E-state index contributed by atoms with van der Waals surface area (Å²) in [6.07, 6.45) is 0. The first-order chi connectivity index (χ1) is 9.38. The van der Waals surface area contributed by atoms with Crippen molar-refractivity contribution in [3.8, 4) is 11.6 Å². The summed E-state index contributed by atoms with van der Waals surface area (Å²) in [4.78, 5) is 14.9. The zero-order valence-corrected chi connectivity index (χ0v) is 12.2. The Hall–Kier alpha value is -1.86. The van der Waals surface area contributed by atoms with Crippen LogP contribution in [0, 0.1) is 5.82 Å². The van der Waals surface area contributed by atoms with Gasteiger partial charge < -0.3 is 16.2 Å². The van der Waals surface area contributed by atoms with Gasteiger partial charge in [0.15, 0.2) is 0 Å². The first kappa shape index (κ1) is 14.5. The van der Waals surface area contributed by atoms with E-state index in [2.05, 4.69) is 20.9 Å². The third-order valence-corrected chi connectivity index (χ3v) is 3.23. The lowest BCUT2D eigenvalue weighted by atomic mass is 10.3. The molecule has 1 heterocycles. The fourth-order valence-electron chi connectivity index (χ4n) is 1.36. The molecule has 0 radical (unpaired) electrons. The van der Waals surface area contributed by atoms with Gasteiger partial charge in [-0.05, 0) is 34.1 Å². The van der Waals surface area contributed by atoms with Crippen LogP contribution in [0.4, 0.5) is 10.1 Å². The Morgan fingerprint density at radius 1 is 1.40 bits per heavy atom. The molecule has 0 spiro atoms. The molecule has 0 saturated carbocycles. The van der Waals surface area contributed by atoms with E-state index in [1.165, 1.54) is 18.2 Å². The third kappa shape index (κ3) is 3.00. The summed E-state index contributed by atoms with van der Waals surface area (Å²) in [6.45, 7) is 0. The molecule has 0 aliphatic heterocycles. The molecule has 20 heavy (non-hydrogen) atoms. The lowest BCUT2D eigenvalue weighted by Crippen LogP contribution is -2.13. The van der Waals surface area contributed by atoms with E-state index in [0.717, 1.165) is 6.07 Å². The molecule has 0 fully saturated rings. The summed E-state index contributed by atoms with van der Waals surface area (Å²) >= 11 is 8.80. The van der Waals surface area contributed by atoms with Crippen LogP contribution in [0.3, 0.4) is 0 Å². The topological polar surface area (TPSA) is 91.2 Å². The highest BCUT2D eigenvalue weighted by atomic mass is 79.9. The molecular formula is C12H8BrClFN3O2. The minimum atomic E-state index is -0.726. The normalized spacial score (nSPS) is 10.3. The number of pyridine rings is 1. The lowest BCUT2D eigenvalue weighted by molar-refractivity contribution is 0.0995. The number of carbonyl (C=O) groups is 1. The Morgan fingerprint density at radius 2 is 2.10 bits per heavy atom. The minimum Gasteiger partial charge on any atom is -0.436 e. The summed E-state index contributed by atoms with van der Waals surface area (Å²) in [5, 5.41) is -0.0592. The van der Waals surface area contributed by atoms with Crippen molar-refractivity contribution in [1.29, 1.82) is 0 Å². The highest BCUT2D eigenvalue weighted by molar-refractivity contribution is 9.10. The van der Waals surface area contributed by atoms with E-state index >= 15 is 0 Å². The van der Waals surface area contributed by atoms with Crippen LogP contribution in [-0.4, -0.2) is 10.9 Å². The Balaban J connectivity index is 2.42. The van der Waals surface area contributed by atoms with E-state index in [4.69, 9.17) is 27.8 Å². The lowest BCUT2D eigenvalue weighted by Gasteiger charge is -2.10. The number of nitrogen functional groups attached to an aromatic ring is 1. The predicted octanol–water partition coefficient (Wildman–Crippen LogP) is 3.11. The quantitative estimate of drug-likeness (QED) is 0.823. The van der Waals surface area contributed by atoms with Crippen LogP contribution >= 0.6 is 27.5 Å². The maximum absolute atomic E-state index is 13.4. The molecule has 0 atom stereocenters. The van der Waals surface area contributed by atoms with E-state index in [-0.39, 0.29) is 28.0 Å². The summed E-state index contributed by atoms with van der Waals surface area (Å²) in [6, 6.07) is 5.19. The maximum atomic E-state index is 13.4. The van der Waals surface area contributed by atoms with Gasteiger partial charge in [0, 0.05) is 6.07 Å². The van der Waals surface area contributed by atoms with Gasteiger partial charge in [-0.2, -0.15) is 0 Å². The smallest absolute Gasteiger partial charge is 0.267 e. The Bertz CT molecular complexity index is 697. The number of carbonyl (C=O) groups excluding carboxylic acids is 1. The van der Waals surface area contributed by atoms with Crippen molar-refractivity contribution in [2.24, 2.45) is 5.73 Å². The maximum Gasteiger partial charge on any atom is 0.267 e. The molecule has 104 valence electrons. The van der Waals surface area contributed by atoms with E-state index in [0.29, 0.717) is 4.47 Å². The highest BCUT2D eigenvalue weighted by Gasteiger charge is 2.13. The number of primary amides is 1. The number of hydrogen-bond acceptors (Lipinski definition) is 4. The van der Waals surface area contributed by atoms with E-state index in [1.54, 1.807) is 0 Å². The Kier molecular flexibility index (Phi) is 4.10. The zero-order valence-electron chi connectivity index (χ0n) is 9.86. The largest absolute Gasteiger partial charge is 0.436 e. The molecular weight excluding hydrogens is 353 g/mol. The molecule has 0 unspecified atom stereocenters. The molecule has 1 aromatic heterocycles. The van der Waals surface area contributed by atoms with Gasteiger partial charge in [0.1, 0.15) is 17.3 Å². The fourth-order valence-corrected chi connectivity index (χ4v) is 2.08. The zero-order chi connectivity index (χ0) is 14.9. The first-order valence-electron chi connectivity index (χ1n) is 5.27. The van der Waals surface area contributed by atoms with Gasteiger partial charge in [0.05, 0.1) is 15.2 Å². The number of rotatable bonds is 3.